The van der Waals surface area contributed by atoms with Gasteiger partial charge in [-0.25, -0.2) is 0 Å². The molecular weight excluding hydrogens is 647 g/mol. The molecule has 7 rings (SSSR count). The van der Waals surface area contributed by atoms with Crippen LogP contribution in [0.15, 0.2) is 108 Å². The van der Waals surface area contributed by atoms with Crippen molar-refractivity contribution >= 4 is 32.7 Å². The molecule has 0 fully saturated rings. The summed E-state index contributed by atoms with van der Waals surface area (Å²) in [5.41, 5.74) is 7.59. The molecule has 1 radical (unpaired) electrons. The number of rotatable bonds is 2. The molecule has 0 amide bonds. The van der Waals surface area contributed by atoms with Crippen LogP contribution in [0.1, 0.15) is 11.3 Å². The summed E-state index contributed by atoms with van der Waals surface area (Å²) in [4.78, 5) is 13.2. The Bertz CT molecular complexity index is 1790. The Morgan fingerprint density at radius 2 is 1.53 bits per heavy atom. The summed E-state index contributed by atoms with van der Waals surface area (Å²) in [5, 5.41) is 4.34. The van der Waals surface area contributed by atoms with Gasteiger partial charge in [0.1, 0.15) is 5.58 Å². The second-order valence-corrected chi connectivity index (χ2v) is 8.90. The van der Waals surface area contributed by atoms with Gasteiger partial charge in [0.15, 0.2) is 0 Å². The van der Waals surface area contributed by atoms with Gasteiger partial charge in [-0.3, -0.25) is 4.98 Å². The summed E-state index contributed by atoms with van der Waals surface area (Å²) in [5.74, 6) is 0. The number of nitrogens with zero attached hydrogens (tertiary/aromatic N) is 3. The molecule has 0 saturated heterocycles. The van der Waals surface area contributed by atoms with Crippen LogP contribution in [0.25, 0.3) is 55.2 Å². The Kier molecular flexibility index (Phi) is 7.41. The van der Waals surface area contributed by atoms with Crippen LogP contribution in [-0.2, 0) is 20.1 Å². The normalized spacial score (nSPS) is 10.7. The van der Waals surface area contributed by atoms with Crippen LogP contribution in [0, 0.1) is 26.0 Å². The van der Waals surface area contributed by atoms with Gasteiger partial charge in [-0.2, -0.15) is 0 Å². The molecular formula is C33H23IrN3O-2. The third-order valence-corrected chi connectivity index (χ3v) is 6.25. The molecule has 0 aliphatic heterocycles. The van der Waals surface area contributed by atoms with E-state index in [1.54, 1.807) is 6.20 Å². The molecule has 187 valence electrons. The number of hydrogen-bond acceptors (Lipinski definition) is 4. The van der Waals surface area contributed by atoms with Gasteiger partial charge < -0.3 is 14.4 Å². The fourth-order valence-electron chi connectivity index (χ4n) is 4.41. The molecule has 0 aliphatic carbocycles. The molecule has 4 aromatic heterocycles. The average Bonchev–Trinajstić information content (AvgIpc) is 3.34. The molecule has 4 nitrogen and oxygen atoms in total. The molecule has 0 N–H and O–H groups in total. The van der Waals surface area contributed by atoms with Gasteiger partial charge in [0.05, 0.1) is 5.58 Å². The number of aromatic nitrogens is 3. The number of furan rings is 1. The predicted molar refractivity (Wildman–Crippen MR) is 149 cm³/mol. The minimum Gasteiger partial charge on any atom is -0.500 e. The maximum absolute atomic E-state index is 6.31. The van der Waals surface area contributed by atoms with Crippen LogP contribution in [0.4, 0.5) is 0 Å². The maximum atomic E-state index is 6.31. The van der Waals surface area contributed by atoms with Gasteiger partial charge in [0, 0.05) is 55.2 Å². The zero-order chi connectivity index (χ0) is 25.2. The van der Waals surface area contributed by atoms with E-state index in [1.165, 1.54) is 0 Å². The van der Waals surface area contributed by atoms with Gasteiger partial charge in [-0.15, -0.1) is 54.1 Å². The van der Waals surface area contributed by atoms with E-state index in [4.69, 9.17) is 4.42 Å². The molecule has 3 aromatic carbocycles. The average molecular weight is 670 g/mol. The number of hydrogen-bond donors (Lipinski definition) is 0. The van der Waals surface area contributed by atoms with Crippen molar-refractivity contribution in [3.8, 4) is 22.5 Å². The molecule has 0 unspecified atom stereocenters. The smallest absolute Gasteiger partial charge is 0.130 e. The number of pyridine rings is 3. The van der Waals surface area contributed by atoms with Crippen molar-refractivity contribution in [2.75, 3.05) is 0 Å². The van der Waals surface area contributed by atoms with E-state index in [1.807, 2.05) is 86.9 Å². The van der Waals surface area contributed by atoms with E-state index in [2.05, 4.69) is 51.4 Å². The molecule has 0 atom stereocenters. The molecule has 0 spiro atoms. The first kappa shape index (κ1) is 25.5. The standard InChI is InChI=1S/C22H15N2O.C11H8N.Ir/c1-13-6-9-20(24-11-13)18-5-3-4-16-17-8-7-15-10-14(2)23-12-19(15)22(17)25-21(16)18;1-2-6-10(7-3-1)11-8-4-5-9-12-11;/h3-4,6-12H,1-2H3;1-6,8-9H;/q2*-1;. The molecule has 0 bridgehead atoms. The Morgan fingerprint density at radius 3 is 2.29 bits per heavy atom. The van der Waals surface area contributed by atoms with Crippen molar-refractivity contribution in [1.29, 1.82) is 0 Å². The molecule has 7 aromatic rings. The summed E-state index contributed by atoms with van der Waals surface area (Å²) < 4.78 is 6.31. The van der Waals surface area contributed by atoms with Crippen molar-refractivity contribution in [1.82, 2.24) is 15.0 Å². The molecule has 5 heteroatoms. The van der Waals surface area contributed by atoms with Gasteiger partial charge >= 0.3 is 0 Å². The van der Waals surface area contributed by atoms with E-state index >= 15 is 0 Å². The first-order chi connectivity index (χ1) is 18.2. The van der Waals surface area contributed by atoms with Crippen molar-refractivity contribution in [2.45, 2.75) is 13.8 Å². The largest absolute Gasteiger partial charge is 0.500 e. The number of aryl methyl sites for hydroxylation is 2. The van der Waals surface area contributed by atoms with Crippen LogP contribution in [0.2, 0.25) is 0 Å². The Balaban J connectivity index is 0.000000191. The van der Waals surface area contributed by atoms with E-state index in [0.717, 1.165) is 66.5 Å². The topological polar surface area (TPSA) is 51.8 Å². The van der Waals surface area contributed by atoms with E-state index in [0.29, 0.717) is 0 Å². The fraction of sp³-hybridized carbons (Fsp3) is 0.0606. The second-order valence-electron chi connectivity index (χ2n) is 8.90. The van der Waals surface area contributed by atoms with E-state index < -0.39 is 0 Å². The van der Waals surface area contributed by atoms with Gasteiger partial charge in [-0.1, -0.05) is 47.3 Å². The van der Waals surface area contributed by atoms with Crippen molar-refractivity contribution in [3.63, 3.8) is 0 Å². The summed E-state index contributed by atoms with van der Waals surface area (Å²) in [7, 11) is 0. The van der Waals surface area contributed by atoms with Crippen LogP contribution in [0.5, 0.6) is 0 Å². The monoisotopic (exact) mass is 670 g/mol. The first-order valence-electron chi connectivity index (χ1n) is 12.1. The summed E-state index contributed by atoms with van der Waals surface area (Å²) in [6.45, 7) is 4.03. The molecule has 38 heavy (non-hydrogen) atoms. The van der Waals surface area contributed by atoms with Crippen LogP contribution in [0.3, 0.4) is 0 Å². The zero-order valence-corrected chi connectivity index (χ0v) is 23.3. The Hall–Kier alpha value is -4.18. The Labute approximate surface area is 234 Å². The summed E-state index contributed by atoms with van der Waals surface area (Å²) in [6, 6.07) is 34.5. The molecule has 0 aliphatic rings. The predicted octanol–water partition coefficient (Wildman–Crippen LogP) is 8.16. The van der Waals surface area contributed by atoms with Crippen molar-refractivity contribution in [3.05, 3.63) is 127 Å². The van der Waals surface area contributed by atoms with Gasteiger partial charge in [-0.05, 0) is 48.3 Å². The van der Waals surface area contributed by atoms with Crippen LogP contribution < -0.4 is 0 Å². The van der Waals surface area contributed by atoms with Crippen molar-refractivity contribution < 1.29 is 24.5 Å². The van der Waals surface area contributed by atoms with E-state index in [-0.39, 0.29) is 20.1 Å². The molecule has 0 saturated carbocycles. The third-order valence-electron chi connectivity index (χ3n) is 6.25. The van der Waals surface area contributed by atoms with Gasteiger partial charge in [0.2, 0.25) is 0 Å². The van der Waals surface area contributed by atoms with Crippen LogP contribution in [-0.4, -0.2) is 15.0 Å². The third kappa shape index (κ3) is 4.99. The minimum absolute atomic E-state index is 0. The van der Waals surface area contributed by atoms with Crippen LogP contribution >= 0.6 is 0 Å². The maximum Gasteiger partial charge on any atom is 0.130 e. The van der Waals surface area contributed by atoms with Gasteiger partial charge in [0.25, 0.3) is 0 Å². The fourth-order valence-corrected chi connectivity index (χ4v) is 4.41. The summed E-state index contributed by atoms with van der Waals surface area (Å²) >= 11 is 0. The minimum atomic E-state index is 0. The SMILES string of the molecule is Cc1ccc(-c2[c-]ccc3c2oc2c4cnc(C)cc4ccc32)nc1.[Ir].[c-]1ccccc1-c1ccccn1. The number of fused-ring (bicyclic) bond motifs is 5. The molecule has 4 heterocycles. The summed E-state index contributed by atoms with van der Waals surface area (Å²) in [6.07, 6.45) is 5.55. The van der Waals surface area contributed by atoms with E-state index in [9.17, 15) is 0 Å². The second kappa shape index (κ2) is 11.1. The van der Waals surface area contributed by atoms with Crippen molar-refractivity contribution in [2.24, 2.45) is 0 Å². The Morgan fingerprint density at radius 1 is 0.658 bits per heavy atom. The quantitative estimate of drug-likeness (QED) is 0.174. The first-order valence-corrected chi connectivity index (χ1v) is 12.1. The zero-order valence-electron chi connectivity index (χ0n) is 20.9. The number of benzene rings is 3.